The van der Waals surface area contributed by atoms with Crippen molar-refractivity contribution in [2.24, 2.45) is 11.8 Å². The largest absolute Gasteiger partial charge is 0.493 e. The van der Waals surface area contributed by atoms with Gasteiger partial charge in [0.15, 0.2) is 11.5 Å². The molecule has 3 N–H and O–H groups in total. The van der Waals surface area contributed by atoms with Gasteiger partial charge in [-0.15, -0.1) is 0 Å². The number of alkyl carbamates (subject to hydrolysis) is 1. The number of carbonyl (C=O) groups excluding carboxylic acids is 1. The number of carbonyl (C=O) groups is 1. The Morgan fingerprint density at radius 3 is 2.39 bits per heavy atom. The highest BCUT2D eigenvalue weighted by atomic mass is 16.5. The SMILES string of the molecule is COCCCOc1cc(C[C@@H](C[C@H](NC(=O)OCc2ccccc2)C(O)CCCO)C(C)C)ccc1OC. The molecule has 0 heterocycles. The van der Waals surface area contributed by atoms with Crippen molar-refractivity contribution >= 4 is 6.09 Å². The third-order valence-electron chi connectivity index (χ3n) is 6.61. The van der Waals surface area contributed by atoms with Gasteiger partial charge in [0.05, 0.1) is 25.9 Å². The van der Waals surface area contributed by atoms with Gasteiger partial charge in [-0.2, -0.15) is 0 Å². The number of benzene rings is 2. The minimum absolute atomic E-state index is 0.0190. The van der Waals surface area contributed by atoms with Crippen LogP contribution >= 0.6 is 0 Å². The van der Waals surface area contributed by atoms with E-state index in [0.717, 1.165) is 24.0 Å². The van der Waals surface area contributed by atoms with Gasteiger partial charge in [0.1, 0.15) is 6.61 Å². The normalized spacial score (nSPS) is 13.6. The molecule has 0 aliphatic heterocycles. The third-order valence-corrected chi connectivity index (χ3v) is 6.61. The predicted octanol–water partition coefficient (Wildman–Crippen LogP) is 4.74. The van der Waals surface area contributed by atoms with Crippen molar-refractivity contribution in [3.63, 3.8) is 0 Å². The van der Waals surface area contributed by atoms with Gasteiger partial charge in [-0.25, -0.2) is 4.79 Å². The second-order valence-electron chi connectivity index (χ2n) is 9.87. The van der Waals surface area contributed by atoms with Crippen molar-refractivity contribution in [1.29, 1.82) is 0 Å². The summed E-state index contributed by atoms with van der Waals surface area (Å²) in [4.78, 5) is 12.6. The van der Waals surface area contributed by atoms with Crippen LogP contribution in [0.3, 0.4) is 0 Å². The van der Waals surface area contributed by atoms with Gasteiger partial charge in [0, 0.05) is 26.7 Å². The Labute approximate surface area is 227 Å². The quantitative estimate of drug-likeness (QED) is 0.239. The number of ether oxygens (including phenoxy) is 4. The Morgan fingerprint density at radius 1 is 0.974 bits per heavy atom. The maximum Gasteiger partial charge on any atom is 0.407 e. The van der Waals surface area contributed by atoms with Crippen molar-refractivity contribution in [3.8, 4) is 11.5 Å². The fourth-order valence-electron chi connectivity index (χ4n) is 4.30. The van der Waals surface area contributed by atoms with E-state index in [4.69, 9.17) is 18.9 Å². The van der Waals surface area contributed by atoms with Gasteiger partial charge in [0.25, 0.3) is 0 Å². The first-order valence-electron chi connectivity index (χ1n) is 13.4. The number of aliphatic hydroxyl groups excluding tert-OH is 2. The summed E-state index contributed by atoms with van der Waals surface area (Å²) < 4.78 is 21.9. The average Bonchev–Trinajstić information content (AvgIpc) is 2.92. The van der Waals surface area contributed by atoms with Crippen LogP contribution in [0.2, 0.25) is 0 Å². The van der Waals surface area contributed by atoms with E-state index in [1.165, 1.54) is 0 Å². The molecule has 0 aliphatic carbocycles. The van der Waals surface area contributed by atoms with Crippen LogP contribution in [0.25, 0.3) is 0 Å². The van der Waals surface area contributed by atoms with Gasteiger partial charge < -0.3 is 34.5 Å². The lowest BCUT2D eigenvalue weighted by Crippen LogP contribution is -2.45. The molecule has 8 nitrogen and oxygen atoms in total. The monoisotopic (exact) mass is 531 g/mol. The zero-order valence-electron chi connectivity index (χ0n) is 23.2. The molecule has 8 heteroatoms. The molecule has 38 heavy (non-hydrogen) atoms. The lowest BCUT2D eigenvalue weighted by atomic mass is 9.82. The van der Waals surface area contributed by atoms with E-state index in [-0.39, 0.29) is 25.0 Å². The Hall–Kier alpha value is -2.81. The number of hydrogen-bond acceptors (Lipinski definition) is 7. The van der Waals surface area contributed by atoms with E-state index in [0.29, 0.717) is 44.0 Å². The topological polar surface area (TPSA) is 106 Å². The van der Waals surface area contributed by atoms with Crippen LogP contribution in [0.5, 0.6) is 11.5 Å². The Bertz CT molecular complexity index is 922. The molecule has 212 valence electrons. The standard InChI is InChI=1S/C30H45NO7/c1-22(2)25(18-24-13-14-28(36-4)29(19-24)37-17-9-16-35-3)20-26(27(33)12-8-15-32)31-30(34)38-21-23-10-6-5-7-11-23/h5-7,10-11,13-14,19,22,25-27,32-33H,8-9,12,15-18,20-21H2,1-4H3,(H,31,34)/t25-,26-,27?/m0/s1. The maximum absolute atomic E-state index is 12.6. The first-order chi connectivity index (χ1) is 18.4. The van der Waals surface area contributed by atoms with Gasteiger partial charge >= 0.3 is 6.09 Å². The molecule has 0 aliphatic rings. The van der Waals surface area contributed by atoms with E-state index in [1.54, 1.807) is 14.2 Å². The molecule has 0 bridgehead atoms. The van der Waals surface area contributed by atoms with E-state index >= 15 is 0 Å². The Morgan fingerprint density at radius 2 is 1.74 bits per heavy atom. The molecule has 0 aromatic heterocycles. The average molecular weight is 532 g/mol. The molecule has 1 unspecified atom stereocenters. The minimum Gasteiger partial charge on any atom is -0.493 e. The Balaban J connectivity index is 2.10. The summed E-state index contributed by atoms with van der Waals surface area (Å²) in [6, 6.07) is 14.9. The van der Waals surface area contributed by atoms with Crippen molar-refractivity contribution in [1.82, 2.24) is 5.32 Å². The number of amides is 1. The van der Waals surface area contributed by atoms with E-state index < -0.39 is 18.2 Å². The summed E-state index contributed by atoms with van der Waals surface area (Å²) in [6.45, 7) is 5.56. The first kappa shape index (κ1) is 31.4. The van der Waals surface area contributed by atoms with Gasteiger partial charge in [-0.3, -0.25) is 0 Å². The van der Waals surface area contributed by atoms with Crippen molar-refractivity contribution in [2.75, 3.05) is 34.0 Å². The van der Waals surface area contributed by atoms with Crippen LogP contribution in [-0.2, 0) is 22.5 Å². The second-order valence-corrected chi connectivity index (χ2v) is 9.87. The molecule has 2 aromatic rings. The lowest BCUT2D eigenvalue weighted by molar-refractivity contribution is 0.0790. The van der Waals surface area contributed by atoms with Gasteiger partial charge in [0.2, 0.25) is 0 Å². The number of hydrogen-bond donors (Lipinski definition) is 3. The smallest absolute Gasteiger partial charge is 0.407 e. The van der Waals surface area contributed by atoms with E-state index in [2.05, 4.69) is 19.2 Å². The Kier molecular flexibility index (Phi) is 14.6. The van der Waals surface area contributed by atoms with Crippen LogP contribution in [-0.4, -0.2) is 62.5 Å². The number of rotatable bonds is 18. The summed E-state index contributed by atoms with van der Waals surface area (Å²) in [7, 11) is 3.29. The highest BCUT2D eigenvalue weighted by molar-refractivity contribution is 5.67. The minimum atomic E-state index is -0.803. The summed E-state index contributed by atoms with van der Waals surface area (Å²) in [5.74, 6) is 1.81. The molecule has 3 atom stereocenters. The summed E-state index contributed by atoms with van der Waals surface area (Å²) in [5.41, 5.74) is 1.97. The molecule has 0 fully saturated rings. The molecular weight excluding hydrogens is 486 g/mol. The molecule has 0 saturated carbocycles. The molecule has 0 spiro atoms. The summed E-state index contributed by atoms with van der Waals surface area (Å²) in [6.07, 6.45) is 1.53. The fraction of sp³-hybridized carbons (Fsp3) is 0.567. The van der Waals surface area contributed by atoms with Crippen LogP contribution in [0.15, 0.2) is 48.5 Å². The summed E-state index contributed by atoms with van der Waals surface area (Å²) >= 11 is 0. The second kappa shape index (κ2) is 17.7. The van der Waals surface area contributed by atoms with E-state index in [1.807, 2.05) is 48.5 Å². The van der Waals surface area contributed by atoms with E-state index in [9.17, 15) is 15.0 Å². The molecule has 2 rings (SSSR count). The van der Waals surface area contributed by atoms with Crippen LogP contribution in [0.1, 0.15) is 50.7 Å². The van der Waals surface area contributed by atoms with Crippen molar-refractivity contribution in [3.05, 3.63) is 59.7 Å². The van der Waals surface area contributed by atoms with Crippen molar-refractivity contribution < 1.29 is 34.0 Å². The molecular formula is C30H45NO7. The fourth-order valence-corrected chi connectivity index (χ4v) is 4.30. The predicted molar refractivity (Wildman–Crippen MR) is 148 cm³/mol. The van der Waals surface area contributed by atoms with Crippen molar-refractivity contribution in [2.45, 2.75) is 64.7 Å². The zero-order valence-corrected chi connectivity index (χ0v) is 23.2. The first-order valence-corrected chi connectivity index (χ1v) is 13.4. The number of methoxy groups -OCH3 is 2. The molecule has 0 radical (unpaired) electrons. The maximum atomic E-state index is 12.6. The molecule has 0 saturated heterocycles. The lowest BCUT2D eigenvalue weighted by Gasteiger charge is -2.30. The van der Waals surface area contributed by atoms with Gasteiger partial charge in [-0.1, -0.05) is 50.2 Å². The number of nitrogens with one attached hydrogen (secondary N) is 1. The summed E-state index contributed by atoms with van der Waals surface area (Å²) in [5, 5.41) is 23.0. The molecule has 1 amide bonds. The van der Waals surface area contributed by atoms with Crippen LogP contribution in [0, 0.1) is 11.8 Å². The highest BCUT2D eigenvalue weighted by Gasteiger charge is 2.27. The zero-order chi connectivity index (χ0) is 27.8. The number of aliphatic hydroxyl groups is 2. The molecule has 2 aromatic carbocycles. The third kappa shape index (κ3) is 11.3. The van der Waals surface area contributed by atoms with Crippen LogP contribution in [0.4, 0.5) is 4.79 Å². The highest BCUT2D eigenvalue weighted by Crippen LogP contribution is 2.31. The van der Waals surface area contributed by atoms with Gasteiger partial charge in [-0.05, 0) is 60.8 Å². The van der Waals surface area contributed by atoms with Crippen LogP contribution < -0.4 is 14.8 Å².